The Hall–Kier alpha value is -7.29. The van der Waals surface area contributed by atoms with Crippen LogP contribution in [0, 0.1) is 29.3 Å². The van der Waals surface area contributed by atoms with Crippen molar-refractivity contribution in [2.45, 2.75) is 339 Å². The Labute approximate surface area is 796 Å². The zero-order valence-corrected chi connectivity index (χ0v) is 84.4. The molecule has 0 atom stereocenters. The van der Waals surface area contributed by atoms with E-state index in [-0.39, 0.29) is 118 Å². The number of carbonyl (C=O) groups is 6. The molecular weight excluding hydrogens is 1750 g/mol. The van der Waals surface area contributed by atoms with Gasteiger partial charge < -0.3 is 87.8 Å². The lowest BCUT2D eigenvalue weighted by atomic mass is 9.78. The molecule has 36 heteroatoms. The molecule has 6 aromatic carbocycles. The monoisotopic (exact) mass is 1890 g/mol. The van der Waals surface area contributed by atoms with Gasteiger partial charge in [-0.3, -0.25) is 28.8 Å². The maximum absolute atomic E-state index is 14.0. The molecule has 0 bridgehead atoms. The Bertz CT molecular complexity index is 4730. The van der Waals surface area contributed by atoms with Crippen molar-refractivity contribution >= 4 is 146 Å². The van der Waals surface area contributed by atoms with Crippen molar-refractivity contribution in [2.75, 3.05) is 0 Å². The highest BCUT2D eigenvalue weighted by Gasteiger charge is 2.57. The molecule has 132 heavy (non-hydrogen) atoms. The fourth-order valence-corrected chi connectivity index (χ4v) is 14.1. The van der Waals surface area contributed by atoms with Crippen molar-refractivity contribution in [3.05, 3.63) is 175 Å². The molecule has 8 aliphatic rings. The molecule has 8 fully saturated rings. The first kappa shape index (κ1) is 108. The quantitative estimate of drug-likeness (QED) is 0.0344. The van der Waals surface area contributed by atoms with E-state index >= 15 is 0 Å². The van der Waals surface area contributed by atoms with Crippen molar-refractivity contribution in [2.24, 2.45) is 11.8 Å². The summed E-state index contributed by atoms with van der Waals surface area (Å²) in [7, 11) is -2.88. The number of rotatable bonds is 22. The Morgan fingerprint density at radius 2 is 0.447 bits per heavy atom. The van der Waals surface area contributed by atoms with Gasteiger partial charge in [0.05, 0.1) is 67.2 Å². The molecule has 0 unspecified atom stereocenters. The van der Waals surface area contributed by atoms with E-state index in [0.717, 1.165) is 75.2 Å². The van der Waals surface area contributed by atoms with Crippen LogP contribution in [0.3, 0.4) is 0 Å². The van der Waals surface area contributed by atoms with Crippen LogP contribution in [-0.2, 0) is 124 Å². The van der Waals surface area contributed by atoms with Gasteiger partial charge in [-0.25, -0.2) is 13.2 Å². The van der Waals surface area contributed by atoms with Gasteiger partial charge in [0.1, 0.15) is 17.5 Å². The van der Waals surface area contributed by atoms with E-state index in [0.29, 0.717) is 64.2 Å². The van der Waals surface area contributed by atoms with Gasteiger partial charge in [0.25, 0.3) is 0 Å². The van der Waals surface area contributed by atoms with Gasteiger partial charge in [0, 0.05) is 110 Å². The van der Waals surface area contributed by atoms with E-state index in [9.17, 15) is 41.9 Å². The van der Waals surface area contributed by atoms with Crippen molar-refractivity contribution in [3.8, 4) is 0 Å². The number of halogens is 6. The lowest BCUT2D eigenvalue weighted by Crippen LogP contribution is -2.41. The summed E-state index contributed by atoms with van der Waals surface area (Å²) in [6.07, 6.45) is 4.68. The van der Waals surface area contributed by atoms with Crippen LogP contribution >= 0.6 is 34.8 Å². The molecule has 6 N–H and O–H groups in total. The second-order valence-electron chi connectivity index (χ2n) is 40.7. The first-order valence-electron chi connectivity index (χ1n) is 45.4. The maximum atomic E-state index is 14.0. The van der Waals surface area contributed by atoms with E-state index < -0.39 is 76.3 Å². The van der Waals surface area contributed by atoms with Crippen LogP contribution in [0.2, 0.25) is 15.1 Å². The van der Waals surface area contributed by atoms with Crippen molar-refractivity contribution in [1.82, 2.24) is 31.9 Å². The predicted octanol–water partition coefficient (Wildman–Crippen LogP) is 13.7. The van der Waals surface area contributed by atoms with Crippen LogP contribution < -0.4 is 64.7 Å². The third-order valence-electron chi connectivity index (χ3n) is 27.0. The fraction of sp³-hybridized carbons (Fsp3) is 0.562. The Kier molecular flexibility index (Phi) is 35.1. The lowest BCUT2D eigenvalue weighted by Gasteiger charge is -2.32. The van der Waals surface area contributed by atoms with E-state index in [4.69, 9.17) is 90.7 Å². The Morgan fingerprint density at radius 3 is 0.644 bits per heavy atom. The normalized spacial score (nSPS) is 20.4. The molecule has 716 valence electrons. The summed E-state index contributed by atoms with van der Waals surface area (Å²) in [5.41, 5.74) is 3.95. The Balaban J connectivity index is 0.000000178. The van der Waals surface area contributed by atoms with E-state index in [1.807, 2.05) is 222 Å². The summed E-state index contributed by atoms with van der Waals surface area (Å²) in [4.78, 5) is 68.2. The highest BCUT2D eigenvalue weighted by Crippen LogP contribution is 2.43. The second-order valence-corrected chi connectivity index (χ2v) is 41.9. The van der Waals surface area contributed by atoms with E-state index in [2.05, 4.69) is 31.9 Å². The van der Waals surface area contributed by atoms with Gasteiger partial charge in [-0.1, -0.05) is 121 Å². The summed E-state index contributed by atoms with van der Waals surface area (Å²) < 4.78 is 114. The molecule has 6 heterocycles. The summed E-state index contributed by atoms with van der Waals surface area (Å²) in [5, 5.41) is 18.5. The van der Waals surface area contributed by atoms with Crippen LogP contribution in [0.25, 0.3) is 0 Å². The standard InChI is InChI=1S/C17H23BClNO3.C17H23BFNO3.C16H23BClNO3.C16H23BFNO3.C15H21BClNO3.C15H21BFNO3/c2*1-16(2)17(3,4)23-18(22-16)13-7-8-14(19)12(9-13)10-20-15(21)11-5-6-11;2*1-6-14(20)19-10-11-9-12(7-8-13(11)18)17-21-15(2,3)16(4,5)22-17;2*1-10(19)18-9-11-8-12(6-7-13(11)17)16-20-14(2,3)15(4,5)21-16/h2*7-9,11H,5-6,10H2,1-4H3,(H,20,21);2*7-9H,6,10H2,1-5H3,(H,19,20);2*6-8H,9H2,1-5H3,(H,18,19). The van der Waals surface area contributed by atoms with Gasteiger partial charge in [0.15, 0.2) is 0 Å². The van der Waals surface area contributed by atoms with Crippen molar-refractivity contribution in [3.63, 3.8) is 0 Å². The first-order chi connectivity index (χ1) is 61.0. The van der Waals surface area contributed by atoms with Crippen LogP contribution in [0.1, 0.15) is 266 Å². The second kappa shape index (κ2) is 42.8. The third-order valence-corrected chi connectivity index (χ3v) is 28.1. The molecule has 2 aliphatic carbocycles. The van der Waals surface area contributed by atoms with E-state index in [1.54, 1.807) is 49.4 Å². The van der Waals surface area contributed by atoms with Gasteiger partial charge in [0.2, 0.25) is 35.4 Å². The minimum absolute atomic E-state index is 0.00268. The zero-order chi connectivity index (χ0) is 98.4. The van der Waals surface area contributed by atoms with Gasteiger partial charge >= 0.3 is 42.7 Å². The Morgan fingerprint density at radius 1 is 0.280 bits per heavy atom. The average molecular weight is 1890 g/mol. The zero-order valence-electron chi connectivity index (χ0n) is 82.1. The molecule has 6 aromatic rings. The molecule has 6 saturated heterocycles. The molecule has 0 aromatic heterocycles. The SMILES string of the molecule is CC(=O)NCc1cc(B2OC(C)(C)C(C)(C)O2)ccc1Cl.CC(=O)NCc1cc(B2OC(C)(C)C(C)(C)O2)ccc1F.CC1(C)OB(c2ccc(Cl)c(CNC(=O)C3CC3)c2)OC1(C)C.CC1(C)OB(c2ccc(F)c(CNC(=O)C3CC3)c2)OC1(C)C.CCC(=O)NCc1cc(B2OC(C)(C)C(C)(C)O2)ccc1Cl.CCC(=O)NCc1cc(B2OC(C)(C)C(C)(C)O2)ccc1F. The molecule has 14 rings (SSSR count). The molecule has 6 aliphatic heterocycles. The molecule has 0 radical (unpaired) electrons. The number of nitrogens with one attached hydrogen (secondary N) is 6. The minimum Gasteiger partial charge on any atom is -0.399 e. The number of carbonyl (C=O) groups excluding carboxylic acids is 6. The van der Waals surface area contributed by atoms with Gasteiger partial charge in [-0.15, -0.1) is 0 Å². The van der Waals surface area contributed by atoms with Gasteiger partial charge in [-0.05, 0) is 278 Å². The molecule has 0 spiro atoms. The predicted molar refractivity (Wildman–Crippen MR) is 516 cm³/mol. The smallest absolute Gasteiger partial charge is 0.399 e. The number of benzene rings is 6. The molecule has 2 saturated carbocycles. The summed E-state index contributed by atoms with van der Waals surface area (Å²) in [5.74, 6) is -1.01. The summed E-state index contributed by atoms with van der Waals surface area (Å²) >= 11 is 18.6. The largest absolute Gasteiger partial charge is 0.494 e. The van der Waals surface area contributed by atoms with Gasteiger partial charge in [-0.2, -0.15) is 0 Å². The maximum Gasteiger partial charge on any atom is 0.494 e. The van der Waals surface area contributed by atoms with Crippen molar-refractivity contribution < 1.29 is 97.8 Å². The number of amides is 6. The average Bonchev–Trinajstić information content (AvgIpc) is 1.65. The topological polar surface area (TPSA) is 285 Å². The first-order valence-corrected chi connectivity index (χ1v) is 46.5. The lowest BCUT2D eigenvalue weighted by molar-refractivity contribution is -0.123. The fourth-order valence-electron chi connectivity index (χ4n) is 13.6. The minimum atomic E-state index is -0.536. The molecular formula is C96H134B6Cl3F3N6O18. The van der Waals surface area contributed by atoms with Crippen LogP contribution in [0.5, 0.6) is 0 Å². The highest BCUT2D eigenvalue weighted by molar-refractivity contribution is 6.64. The highest BCUT2D eigenvalue weighted by atomic mass is 35.5. The molecule has 6 amide bonds. The molecule has 24 nitrogen and oxygen atoms in total. The summed E-state index contributed by atoms with van der Waals surface area (Å²) in [6.45, 7) is 56.1. The number of hydrogen-bond acceptors (Lipinski definition) is 18. The number of hydrogen-bond donors (Lipinski definition) is 6. The van der Waals surface area contributed by atoms with E-state index in [1.165, 1.54) is 32.0 Å². The van der Waals surface area contributed by atoms with Crippen LogP contribution in [-0.4, -0.2) is 145 Å². The van der Waals surface area contributed by atoms with Crippen LogP contribution in [0.4, 0.5) is 13.2 Å². The third kappa shape index (κ3) is 27.6. The van der Waals surface area contributed by atoms with Crippen LogP contribution in [0.15, 0.2) is 109 Å². The summed E-state index contributed by atoms with van der Waals surface area (Å²) in [6, 6.07) is 31.2. The van der Waals surface area contributed by atoms with Crippen molar-refractivity contribution in [1.29, 1.82) is 0 Å².